The number of allylic oxidation sites excluding steroid dienone is 1. The molecule has 3 nitrogen and oxygen atoms in total. The van der Waals surface area contributed by atoms with Gasteiger partial charge < -0.3 is 4.57 Å². The van der Waals surface area contributed by atoms with Gasteiger partial charge in [-0.2, -0.15) is 5.26 Å². The third-order valence-corrected chi connectivity index (χ3v) is 2.05. The van der Waals surface area contributed by atoms with Crippen LogP contribution < -0.4 is 5.56 Å². The van der Waals surface area contributed by atoms with Crippen molar-refractivity contribution in [3.8, 4) is 6.07 Å². The number of hydrogen-bond donors (Lipinski definition) is 0. The Bertz CT molecular complexity index is 468. The maximum atomic E-state index is 11.6. The molecule has 0 spiro atoms. The van der Waals surface area contributed by atoms with Crippen LogP contribution in [0.4, 0.5) is 0 Å². The molecule has 4 heteroatoms. The minimum atomic E-state index is -0.279. The standard InChI is InChI=1S/C10H9BrN2O/c1-7(2)5-13-6-9(11)3-8(4-12)10(13)14/h3,6H,1,5H2,2H3. The fraction of sp³-hybridized carbons (Fsp3) is 0.200. The SMILES string of the molecule is C=C(C)Cn1cc(Br)cc(C#N)c1=O. The van der Waals surface area contributed by atoms with Gasteiger partial charge in [-0.1, -0.05) is 12.2 Å². The van der Waals surface area contributed by atoms with Crippen molar-refractivity contribution in [3.63, 3.8) is 0 Å². The zero-order chi connectivity index (χ0) is 10.7. The molecule has 0 radical (unpaired) electrons. The van der Waals surface area contributed by atoms with Crippen molar-refractivity contribution in [3.05, 3.63) is 44.8 Å². The first-order valence-corrected chi connectivity index (χ1v) is 4.78. The molecule has 0 aromatic carbocycles. The predicted molar refractivity (Wildman–Crippen MR) is 57.9 cm³/mol. The van der Waals surface area contributed by atoms with Crippen molar-refractivity contribution in [2.24, 2.45) is 0 Å². The average Bonchev–Trinajstić information content (AvgIpc) is 2.09. The van der Waals surface area contributed by atoms with Gasteiger partial charge in [0.15, 0.2) is 0 Å². The van der Waals surface area contributed by atoms with E-state index >= 15 is 0 Å². The molecule has 0 saturated heterocycles. The first kappa shape index (κ1) is 10.7. The maximum absolute atomic E-state index is 11.6. The van der Waals surface area contributed by atoms with Gasteiger partial charge in [0.1, 0.15) is 11.6 Å². The highest BCUT2D eigenvalue weighted by Crippen LogP contribution is 2.08. The van der Waals surface area contributed by atoms with E-state index in [1.54, 1.807) is 6.20 Å². The van der Waals surface area contributed by atoms with Gasteiger partial charge in [-0.3, -0.25) is 4.79 Å². The van der Waals surface area contributed by atoms with Crippen LogP contribution in [-0.4, -0.2) is 4.57 Å². The normalized spacial score (nSPS) is 9.50. The van der Waals surface area contributed by atoms with Crippen LogP contribution in [0.3, 0.4) is 0 Å². The van der Waals surface area contributed by atoms with E-state index in [4.69, 9.17) is 5.26 Å². The maximum Gasteiger partial charge on any atom is 0.268 e. The lowest BCUT2D eigenvalue weighted by molar-refractivity contribution is 0.743. The van der Waals surface area contributed by atoms with Gasteiger partial charge in [-0.15, -0.1) is 0 Å². The van der Waals surface area contributed by atoms with Gasteiger partial charge >= 0.3 is 0 Å². The van der Waals surface area contributed by atoms with E-state index in [-0.39, 0.29) is 11.1 Å². The fourth-order valence-electron chi connectivity index (χ4n) is 1.09. The molecule has 1 rings (SSSR count). The van der Waals surface area contributed by atoms with E-state index in [2.05, 4.69) is 22.5 Å². The van der Waals surface area contributed by atoms with E-state index in [0.717, 1.165) is 10.0 Å². The van der Waals surface area contributed by atoms with E-state index in [1.165, 1.54) is 10.6 Å². The van der Waals surface area contributed by atoms with Crippen molar-refractivity contribution in [2.75, 3.05) is 0 Å². The molecule has 1 aromatic heterocycles. The van der Waals surface area contributed by atoms with Crippen LogP contribution in [0.15, 0.2) is 33.7 Å². The predicted octanol–water partition coefficient (Wildman–Crippen LogP) is 2.06. The Morgan fingerprint density at radius 3 is 2.93 bits per heavy atom. The summed E-state index contributed by atoms with van der Waals surface area (Å²) in [6, 6.07) is 3.37. The molecule has 0 atom stereocenters. The van der Waals surface area contributed by atoms with Gasteiger partial charge in [-0.25, -0.2) is 0 Å². The van der Waals surface area contributed by atoms with Gasteiger partial charge in [0.2, 0.25) is 0 Å². The lowest BCUT2D eigenvalue weighted by Gasteiger charge is -2.05. The zero-order valence-corrected chi connectivity index (χ0v) is 9.34. The molecule has 0 unspecified atom stereocenters. The highest BCUT2D eigenvalue weighted by Gasteiger charge is 2.04. The summed E-state index contributed by atoms with van der Waals surface area (Å²) in [5.74, 6) is 0. The van der Waals surface area contributed by atoms with Crippen molar-refractivity contribution in [2.45, 2.75) is 13.5 Å². The Hall–Kier alpha value is -1.34. The largest absolute Gasteiger partial charge is 0.309 e. The van der Waals surface area contributed by atoms with E-state index in [0.29, 0.717) is 6.54 Å². The smallest absolute Gasteiger partial charge is 0.268 e. The molecule has 14 heavy (non-hydrogen) atoms. The second kappa shape index (κ2) is 4.25. The molecule has 1 aromatic rings. The van der Waals surface area contributed by atoms with Crippen LogP contribution >= 0.6 is 15.9 Å². The number of nitriles is 1. The van der Waals surface area contributed by atoms with Crippen LogP contribution in [0.2, 0.25) is 0 Å². The molecule has 0 aliphatic carbocycles. The van der Waals surface area contributed by atoms with Crippen LogP contribution in [0.5, 0.6) is 0 Å². The monoisotopic (exact) mass is 252 g/mol. The highest BCUT2D eigenvalue weighted by molar-refractivity contribution is 9.10. The zero-order valence-electron chi connectivity index (χ0n) is 7.75. The molecule has 0 N–H and O–H groups in total. The molecule has 0 fully saturated rings. The Kier molecular flexibility index (Phi) is 3.26. The molecule has 0 aliphatic heterocycles. The first-order valence-electron chi connectivity index (χ1n) is 3.99. The molecule has 0 saturated carbocycles. The fourth-order valence-corrected chi connectivity index (χ4v) is 1.56. The summed E-state index contributed by atoms with van der Waals surface area (Å²) < 4.78 is 2.18. The molecule has 0 amide bonds. The van der Waals surface area contributed by atoms with Crippen LogP contribution in [0.1, 0.15) is 12.5 Å². The summed E-state index contributed by atoms with van der Waals surface area (Å²) in [7, 11) is 0. The minimum absolute atomic E-state index is 0.139. The van der Waals surface area contributed by atoms with Crippen molar-refractivity contribution >= 4 is 15.9 Å². The second-order valence-corrected chi connectivity index (χ2v) is 3.99. The first-order chi connectivity index (χ1) is 6.54. The number of halogens is 1. The van der Waals surface area contributed by atoms with Gasteiger partial charge in [0.05, 0.1) is 0 Å². The van der Waals surface area contributed by atoms with Crippen LogP contribution in [0, 0.1) is 11.3 Å². The van der Waals surface area contributed by atoms with Gasteiger partial charge in [-0.05, 0) is 28.9 Å². The molecular formula is C10H9BrN2O. The van der Waals surface area contributed by atoms with Crippen molar-refractivity contribution < 1.29 is 0 Å². The van der Waals surface area contributed by atoms with Crippen molar-refractivity contribution in [1.29, 1.82) is 5.26 Å². The van der Waals surface area contributed by atoms with E-state index in [1.807, 2.05) is 13.0 Å². The second-order valence-electron chi connectivity index (χ2n) is 3.07. The topological polar surface area (TPSA) is 45.8 Å². The Labute approximate surface area is 90.4 Å². The minimum Gasteiger partial charge on any atom is -0.309 e. The Balaban J connectivity index is 3.31. The number of aromatic nitrogens is 1. The summed E-state index contributed by atoms with van der Waals surface area (Å²) in [5.41, 5.74) is 0.730. The molecule has 1 heterocycles. The Morgan fingerprint density at radius 2 is 2.43 bits per heavy atom. The number of hydrogen-bond acceptors (Lipinski definition) is 2. The molecule has 72 valence electrons. The van der Waals surface area contributed by atoms with Crippen LogP contribution in [-0.2, 0) is 6.54 Å². The third kappa shape index (κ3) is 2.33. The summed E-state index contributed by atoms with van der Waals surface area (Å²) in [4.78, 5) is 11.6. The van der Waals surface area contributed by atoms with E-state index < -0.39 is 0 Å². The van der Waals surface area contributed by atoms with Crippen molar-refractivity contribution in [1.82, 2.24) is 4.57 Å². The molecule has 0 bridgehead atoms. The van der Waals surface area contributed by atoms with Gasteiger partial charge in [0.25, 0.3) is 5.56 Å². The lowest BCUT2D eigenvalue weighted by Crippen LogP contribution is -2.22. The molecular weight excluding hydrogens is 244 g/mol. The number of nitrogens with zero attached hydrogens (tertiary/aromatic N) is 2. The summed E-state index contributed by atoms with van der Waals surface area (Å²) >= 11 is 3.24. The average molecular weight is 253 g/mol. The number of rotatable bonds is 2. The molecule has 0 aliphatic rings. The number of pyridine rings is 1. The van der Waals surface area contributed by atoms with E-state index in [9.17, 15) is 4.79 Å². The summed E-state index contributed by atoms with van der Waals surface area (Å²) in [6.45, 7) is 5.99. The highest BCUT2D eigenvalue weighted by atomic mass is 79.9. The third-order valence-electron chi connectivity index (χ3n) is 1.61. The lowest BCUT2D eigenvalue weighted by atomic mass is 10.3. The Morgan fingerprint density at radius 1 is 1.79 bits per heavy atom. The summed E-state index contributed by atoms with van der Waals surface area (Å²) in [6.07, 6.45) is 1.65. The van der Waals surface area contributed by atoms with Crippen LogP contribution in [0.25, 0.3) is 0 Å². The summed E-state index contributed by atoms with van der Waals surface area (Å²) in [5, 5.41) is 8.69. The van der Waals surface area contributed by atoms with Gasteiger partial charge in [0, 0.05) is 17.2 Å². The quantitative estimate of drug-likeness (QED) is 0.757.